The van der Waals surface area contributed by atoms with Crippen LogP contribution in [0.3, 0.4) is 0 Å². The summed E-state index contributed by atoms with van der Waals surface area (Å²) in [5, 5.41) is 0.987. The van der Waals surface area contributed by atoms with Crippen LogP contribution in [-0.2, 0) is 0 Å². The van der Waals surface area contributed by atoms with Crippen molar-refractivity contribution in [2.24, 2.45) is 0 Å². The van der Waals surface area contributed by atoms with Gasteiger partial charge in [0.1, 0.15) is 5.82 Å². The second-order valence-corrected chi connectivity index (χ2v) is 4.61. The maximum atomic E-state index is 13.6. The average molecular weight is 230 g/mol. The minimum atomic E-state index is -0.178. The van der Waals surface area contributed by atoms with Crippen LogP contribution < -0.4 is 0 Å². The summed E-state index contributed by atoms with van der Waals surface area (Å²) >= 11 is 0. The fraction of sp³-hybridized carbons (Fsp3) is 0.286. The highest BCUT2D eigenvalue weighted by atomic mass is 19.1. The Labute approximate surface area is 99.7 Å². The lowest BCUT2D eigenvalue weighted by Gasteiger charge is -2.21. The zero-order valence-electron chi connectivity index (χ0n) is 9.83. The molecule has 0 saturated heterocycles. The lowest BCUT2D eigenvalue weighted by Crippen LogP contribution is -2.23. The Morgan fingerprint density at radius 1 is 1.35 bits per heavy atom. The van der Waals surface area contributed by atoms with Crippen molar-refractivity contribution in [1.29, 1.82) is 0 Å². The molecule has 0 fully saturated rings. The third kappa shape index (κ3) is 1.76. The number of hydrogen-bond acceptors (Lipinski definition) is 1. The van der Waals surface area contributed by atoms with E-state index in [2.05, 4.69) is 23.0 Å². The van der Waals surface area contributed by atoms with Crippen LogP contribution in [0.1, 0.15) is 12.0 Å². The van der Waals surface area contributed by atoms with Crippen LogP contribution >= 0.6 is 0 Å². The van der Waals surface area contributed by atoms with E-state index in [9.17, 15) is 4.39 Å². The molecule has 0 spiro atoms. The van der Waals surface area contributed by atoms with Gasteiger partial charge in [0.2, 0.25) is 0 Å². The molecule has 2 aromatic rings. The number of nitrogens with zero attached hydrogens (tertiary/aromatic N) is 1. The fourth-order valence-electron chi connectivity index (χ4n) is 2.40. The summed E-state index contributed by atoms with van der Waals surface area (Å²) in [7, 11) is 2.11. The quantitative estimate of drug-likeness (QED) is 0.797. The monoisotopic (exact) mass is 230 g/mol. The lowest BCUT2D eigenvalue weighted by atomic mass is 9.99. The van der Waals surface area contributed by atoms with Gasteiger partial charge in [-0.25, -0.2) is 4.39 Å². The number of nitrogens with one attached hydrogen (secondary N) is 1. The Kier molecular flexibility index (Phi) is 2.48. The first-order valence-corrected chi connectivity index (χ1v) is 5.89. The standard InChI is InChI=1S/C14H15FN2/c1-17-7-5-10(6-8-17)12-9-16-14-11(12)3-2-4-13(14)15/h2-5,9,16H,6-8H2,1H3. The Morgan fingerprint density at radius 2 is 2.24 bits per heavy atom. The van der Waals surface area contributed by atoms with Crippen molar-refractivity contribution in [3.8, 4) is 0 Å². The SMILES string of the molecule is CN1CC=C(c2c[nH]c3c(F)cccc23)CC1. The predicted octanol–water partition coefficient (Wildman–Crippen LogP) is 3.03. The number of hydrogen-bond donors (Lipinski definition) is 1. The van der Waals surface area contributed by atoms with E-state index in [-0.39, 0.29) is 5.82 Å². The van der Waals surface area contributed by atoms with Gasteiger partial charge in [0.05, 0.1) is 5.52 Å². The smallest absolute Gasteiger partial charge is 0.147 e. The van der Waals surface area contributed by atoms with E-state index in [0.717, 1.165) is 30.5 Å². The van der Waals surface area contributed by atoms with E-state index in [1.54, 1.807) is 6.07 Å². The largest absolute Gasteiger partial charge is 0.358 e. The first-order valence-electron chi connectivity index (χ1n) is 5.89. The fourth-order valence-corrected chi connectivity index (χ4v) is 2.40. The van der Waals surface area contributed by atoms with Gasteiger partial charge >= 0.3 is 0 Å². The van der Waals surface area contributed by atoms with Gasteiger partial charge in [-0.05, 0) is 25.1 Å². The van der Waals surface area contributed by atoms with Crippen molar-refractivity contribution in [1.82, 2.24) is 9.88 Å². The van der Waals surface area contributed by atoms with Crippen molar-refractivity contribution >= 4 is 16.5 Å². The van der Waals surface area contributed by atoms with Gasteiger partial charge in [0, 0.05) is 30.2 Å². The topological polar surface area (TPSA) is 19.0 Å². The van der Waals surface area contributed by atoms with Crippen LogP contribution in [0.5, 0.6) is 0 Å². The van der Waals surface area contributed by atoms with Crippen LogP contribution in [0.15, 0.2) is 30.5 Å². The van der Waals surface area contributed by atoms with E-state index in [1.165, 1.54) is 11.6 Å². The molecule has 0 atom stereocenters. The molecule has 1 aromatic heterocycles. The van der Waals surface area contributed by atoms with Crippen LogP contribution in [0.25, 0.3) is 16.5 Å². The first kappa shape index (κ1) is 10.5. The average Bonchev–Trinajstić information content (AvgIpc) is 2.75. The summed E-state index contributed by atoms with van der Waals surface area (Å²) in [6.07, 6.45) is 5.18. The third-order valence-corrected chi connectivity index (χ3v) is 3.42. The highest BCUT2D eigenvalue weighted by Gasteiger charge is 2.14. The summed E-state index contributed by atoms with van der Waals surface area (Å²) in [5.41, 5.74) is 3.08. The number of fused-ring (bicyclic) bond motifs is 1. The second-order valence-electron chi connectivity index (χ2n) is 4.61. The molecule has 0 aliphatic carbocycles. The van der Waals surface area contributed by atoms with Crippen molar-refractivity contribution in [2.45, 2.75) is 6.42 Å². The van der Waals surface area contributed by atoms with Crippen molar-refractivity contribution in [2.75, 3.05) is 20.1 Å². The zero-order valence-corrected chi connectivity index (χ0v) is 9.83. The molecule has 1 N–H and O–H groups in total. The Morgan fingerprint density at radius 3 is 3.00 bits per heavy atom. The molecular formula is C14H15FN2. The molecule has 0 saturated carbocycles. The molecule has 1 aromatic carbocycles. The summed E-state index contributed by atoms with van der Waals surface area (Å²) in [4.78, 5) is 5.31. The van der Waals surface area contributed by atoms with Crippen molar-refractivity contribution in [3.05, 3.63) is 41.9 Å². The summed E-state index contributed by atoms with van der Waals surface area (Å²) in [6.45, 7) is 2.03. The summed E-state index contributed by atoms with van der Waals surface area (Å²) in [6, 6.07) is 5.24. The van der Waals surface area contributed by atoms with Gasteiger partial charge in [-0.1, -0.05) is 18.2 Å². The number of aromatic nitrogens is 1. The van der Waals surface area contributed by atoms with E-state index in [1.807, 2.05) is 12.3 Å². The van der Waals surface area contributed by atoms with Gasteiger partial charge in [-0.15, -0.1) is 0 Å². The van der Waals surface area contributed by atoms with E-state index >= 15 is 0 Å². The van der Waals surface area contributed by atoms with E-state index in [4.69, 9.17) is 0 Å². The molecule has 1 aliphatic heterocycles. The minimum Gasteiger partial charge on any atom is -0.358 e. The number of benzene rings is 1. The van der Waals surface area contributed by atoms with Crippen LogP contribution in [0, 0.1) is 5.82 Å². The lowest BCUT2D eigenvalue weighted by molar-refractivity contribution is 0.370. The number of aromatic amines is 1. The number of halogens is 1. The highest BCUT2D eigenvalue weighted by Crippen LogP contribution is 2.29. The van der Waals surface area contributed by atoms with E-state index < -0.39 is 0 Å². The molecule has 0 amide bonds. The number of H-pyrrole nitrogens is 1. The van der Waals surface area contributed by atoms with Gasteiger partial charge in [0.25, 0.3) is 0 Å². The van der Waals surface area contributed by atoms with Gasteiger partial charge < -0.3 is 9.88 Å². The summed E-state index contributed by atoms with van der Waals surface area (Å²) in [5.74, 6) is -0.178. The molecule has 0 unspecified atom stereocenters. The Balaban J connectivity index is 2.10. The van der Waals surface area contributed by atoms with Crippen LogP contribution in [-0.4, -0.2) is 30.0 Å². The minimum absolute atomic E-state index is 0.178. The van der Waals surface area contributed by atoms with Crippen molar-refractivity contribution < 1.29 is 4.39 Å². The predicted molar refractivity (Wildman–Crippen MR) is 68.3 cm³/mol. The van der Waals surface area contributed by atoms with Gasteiger partial charge in [-0.3, -0.25) is 0 Å². The number of likely N-dealkylation sites (N-methyl/N-ethyl adjacent to an activating group) is 1. The number of rotatable bonds is 1. The van der Waals surface area contributed by atoms with Gasteiger partial charge in [0.15, 0.2) is 0 Å². The molecule has 3 rings (SSSR count). The van der Waals surface area contributed by atoms with Gasteiger partial charge in [-0.2, -0.15) is 0 Å². The number of para-hydroxylation sites is 1. The molecule has 17 heavy (non-hydrogen) atoms. The maximum absolute atomic E-state index is 13.6. The Hall–Kier alpha value is -1.61. The first-order chi connectivity index (χ1) is 8.25. The van der Waals surface area contributed by atoms with Crippen LogP contribution in [0.2, 0.25) is 0 Å². The van der Waals surface area contributed by atoms with E-state index in [0.29, 0.717) is 5.52 Å². The second kappa shape index (κ2) is 4.00. The normalized spacial score (nSPS) is 17.4. The molecule has 1 aliphatic rings. The highest BCUT2D eigenvalue weighted by molar-refractivity contribution is 5.93. The third-order valence-electron chi connectivity index (χ3n) is 3.42. The Bertz CT molecular complexity index is 583. The molecule has 2 nitrogen and oxygen atoms in total. The molecule has 3 heteroatoms. The molecule has 0 bridgehead atoms. The maximum Gasteiger partial charge on any atom is 0.147 e. The molecule has 0 radical (unpaired) electrons. The molecule has 2 heterocycles. The van der Waals surface area contributed by atoms with Crippen molar-refractivity contribution in [3.63, 3.8) is 0 Å². The summed E-state index contributed by atoms with van der Waals surface area (Å²) < 4.78 is 13.6. The zero-order chi connectivity index (χ0) is 11.8. The molecule has 88 valence electrons. The molecular weight excluding hydrogens is 215 g/mol. The van der Waals surface area contributed by atoms with Crippen LogP contribution in [0.4, 0.5) is 4.39 Å².